The molecule has 0 aliphatic carbocycles. The number of aliphatic hydroxyl groups is 1. The third-order valence-electron chi connectivity index (χ3n) is 5.37. The quantitative estimate of drug-likeness (QED) is 0.123. The SMILES string of the molecule is CC(C)CCC(=O)C[C@@H](CCC(C)C)C(=O)/C(C(=O)C(C)C)=C(/O)OC(=O)c1ccccc1. The zero-order valence-electron chi connectivity index (χ0n) is 20.7. The molecule has 6 nitrogen and oxygen atoms in total. The van der Waals surface area contributed by atoms with Gasteiger partial charge in [-0.15, -0.1) is 0 Å². The lowest BCUT2D eigenvalue weighted by molar-refractivity contribution is -0.129. The number of esters is 1. The number of carbonyl (C=O) groups excluding carboxylic acids is 4. The maximum absolute atomic E-state index is 13.5. The Balaban J connectivity index is 3.26. The summed E-state index contributed by atoms with van der Waals surface area (Å²) >= 11 is 0. The molecule has 0 saturated heterocycles. The van der Waals surface area contributed by atoms with Crippen LogP contribution in [0.5, 0.6) is 0 Å². The number of rotatable bonds is 14. The molecule has 0 radical (unpaired) electrons. The molecule has 33 heavy (non-hydrogen) atoms. The molecule has 6 heteroatoms. The number of Topliss-reactive ketones (excluding diaryl/α,β-unsaturated/α-hetero) is 3. The Labute approximate surface area is 197 Å². The van der Waals surface area contributed by atoms with Crippen molar-refractivity contribution in [2.24, 2.45) is 23.7 Å². The lowest BCUT2D eigenvalue weighted by atomic mass is 9.83. The predicted molar refractivity (Wildman–Crippen MR) is 128 cm³/mol. The number of carbonyl (C=O) groups is 4. The minimum atomic E-state index is -1.00. The Kier molecular flexibility index (Phi) is 11.7. The van der Waals surface area contributed by atoms with E-state index in [0.29, 0.717) is 31.1 Å². The molecule has 0 saturated carbocycles. The van der Waals surface area contributed by atoms with Crippen LogP contribution < -0.4 is 0 Å². The topological polar surface area (TPSA) is 97.7 Å². The summed E-state index contributed by atoms with van der Waals surface area (Å²) in [6.07, 6.45) is 2.15. The van der Waals surface area contributed by atoms with Crippen LogP contribution in [0, 0.1) is 23.7 Å². The summed E-state index contributed by atoms with van der Waals surface area (Å²) in [5.74, 6) is -3.91. The molecule has 1 atom stereocenters. The van der Waals surface area contributed by atoms with Crippen LogP contribution in [-0.4, -0.2) is 28.4 Å². The lowest BCUT2D eigenvalue weighted by Crippen LogP contribution is -2.29. The summed E-state index contributed by atoms with van der Waals surface area (Å²) in [7, 11) is 0. The first-order valence-corrected chi connectivity index (χ1v) is 11.7. The van der Waals surface area contributed by atoms with Crippen LogP contribution in [-0.2, 0) is 19.1 Å². The van der Waals surface area contributed by atoms with Gasteiger partial charge in [0, 0.05) is 24.7 Å². The third-order valence-corrected chi connectivity index (χ3v) is 5.37. The Bertz CT molecular complexity index is 849. The van der Waals surface area contributed by atoms with Crippen LogP contribution in [0.2, 0.25) is 0 Å². The van der Waals surface area contributed by atoms with Crippen molar-refractivity contribution in [3.8, 4) is 0 Å². The Morgan fingerprint density at radius 1 is 0.818 bits per heavy atom. The minimum Gasteiger partial charge on any atom is -0.480 e. The molecule has 0 spiro atoms. The average molecular weight is 459 g/mol. The van der Waals surface area contributed by atoms with E-state index in [1.807, 2.05) is 27.7 Å². The molecule has 0 aromatic heterocycles. The zero-order valence-corrected chi connectivity index (χ0v) is 20.7. The fourth-order valence-electron chi connectivity index (χ4n) is 3.28. The lowest BCUT2D eigenvalue weighted by Gasteiger charge is -2.19. The van der Waals surface area contributed by atoms with Crippen LogP contribution in [0.1, 0.15) is 84.0 Å². The van der Waals surface area contributed by atoms with E-state index in [1.54, 1.807) is 32.0 Å². The molecule has 0 aliphatic rings. The second-order valence-electron chi connectivity index (χ2n) is 9.66. The van der Waals surface area contributed by atoms with Crippen molar-refractivity contribution in [1.29, 1.82) is 0 Å². The van der Waals surface area contributed by atoms with E-state index < -0.39 is 40.9 Å². The Morgan fingerprint density at radius 2 is 1.39 bits per heavy atom. The molecule has 1 aromatic carbocycles. The van der Waals surface area contributed by atoms with E-state index in [-0.39, 0.29) is 17.8 Å². The summed E-state index contributed by atoms with van der Waals surface area (Å²) in [6, 6.07) is 7.99. The van der Waals surface area contributed by atoms with Crippen molar-refractivity contribution in [1.82, 2.24) is 0 Å². The van der Waals surface area contributed by atoms with Gasteiger partial charge in [0.2, 0.25) is 0 Å². The van der Waals surface area contributed by atoms with Crippen LogP contribution in [0.15, 0.2) is 41.9 Å². The van der Waals surface area contributed by atoms with Gasteiger partial charge in [0.25, 0.3) is 5.95 Å². The van der Waals surface area contributed by atoms with E-state index in [1.165, 1.54) is 12.1 Å². The Hall–Kier alpha value is -2.76. The number of allylic oxidation sites excluding steroid dienone is 1. The summed E-state index contributed by atoms with van der Waals surface area (Å²) < 4.78 is 5.02. The van der Waals surface area contributed by atoms with Gasteiger partial charge in [-0.2, -0.15) is 0 Å². The minimum absolute atomic E-state index is 0.00688. The van der Waals surface area contributed by atoms with E-state index in [4.69, 9.17) is 4.74 Å². The van der Waals surface area contributed by atoms with E-state index in [0.717, 1.165) is 6.42 Å². The zero-order chi connectivity index (χ0) is 25.1. The van der Waals surface area contributed by atoms with Gasteiger partial charge in [-0.25, -0.2) is 4.79 Å². The first kappa shape index (κ1) is 28.3. The van der Waals surface area contributed by atoms with Gasteiger partial charge in [0.1, 0.15) is 11.4 Å². The van der Waals surface area contributed by atoms with Crippen molar-refractivity contribution in [2.45, 2.75) is 73.6 Å². The molecule has 1 rings (SSSR count). The van der Waals surface area contributed by atoms with E-state index in [9.17, 15) is 24.3 Å². The molecule has 0 bridgehead atoms. The predicted octanol–water partition coefficient (Wildman–Crippen LogP) is 5.86. The fraction of sp³-hybridized carbons (Fsp3) is 0.556. The highest BCUT2D eigenvalue weighted by atomic mass is 16.6. The molecule has 182 valence electrons. The first-order valence-electron chi connectivity index (χ1n) is 11.7. The van der Waals surface area contributed by atoms with Gasteiger partial charge in [-0.3, -0.25) is 14.4 Å². The molecule has 1 aromatic rings. The molecule has 1 N–H and O–H groups in total. The number of ether oxygens (including phenoxy) is 1. The highest BCUT2D eigenvalue weighted by Gasteiger charge is 2.34. The van der Waals surface area contributed by atoms with Crippen molar-refractivity contribution in [2.75, 3.05) is 0 Å². The summed E-state index contributed by atoms with van der Waals surface area (Å²) in [6.45, 7) is 11.3. The van der Waals surface area contributed by atoms with E-state index >= 15 is 0 Å². The van der Waals surface area contributed by atoms with Crippen molar-refractivity contribution in [3.63, 3.8) is 0 Å². The summed E-state index contributed by atoms with van der Waals surface area (Å²) in [4.78, 5) is 51.3. The molecule has 0 amide bonds. The maximum atomic E-state index is 13.5. The number of ketones is 3. The largest absolute Gasteiger partial charge is 0.480 e. The van der Waals surface area contributed by atoms with Crippen LogP contribution in [0.25, 0.3) is 0 Å². The fourth-order valence-corrected chi connectivity index (χ4v) is 3.28. The van der Waals surface area contributed by atoms with Crippen molar-refractivity contribution >= 4 is 23.3 Å². The molecule has 0 heterocycles. The maximum Gasteiger partial charge on any atom is 0.345 e. The molecule has 0 unspecified atom stereocenters. The van der Waals surface area contributed by atoms with Gasteiger partial charge >= 0.3 is 5.97 Å². The summed E-state index contributed by atoms with van der Waals surface area (Å²) in [5.41, 5.74) is -0.368. The normalized spacial score (nSPS) is 13.1. The van der Waals surface area contributed by atoms with Crippen molar-refractivity contribution in [3.05, 3.63) is 47.4 Å². The van der Waals surface area contributed by atoms with Crippen LogP contribution >= 0.6 is 0 Å². The van der Waals surface area contributed by atoms with Gasteiger partial charge < -0.3 is 9.84 Å². The van der Waals surface area contributed by atoms with Crippen LogP contribution in [0.4, 0.5) is 0 Å². The molecular formula is C27H38O6. The highest BCUT2D eigenvalue weighted by Crippen LogP contribution is 2.25. The van der Waals surface area contributed by atoms with E-state index in [2.05, 4.69) is 0 Å². The van der Waals surface area contributed by atoms with Gasteiger partial charge in [-0.05, 0) is 36.8 Å². The number of aliphatic hydroxyl groups excluding tert-OH is 1. The average Bonchev–Trinajstić information content (AvgIpc) is 2.75. The first-order chi connectivity index (χ1) is 15.4. The second-order valence-corrected chi connectivity index (χ2v) is 9.66. The second kappa shape index (κ2) is 13.7. The number of hydrogen-bond acceptors (Lipinski definition) is 6. The third kappa shape index (κ3) is 9.72. The monoisotopic (exact) mass is 458 g/mol. The highest BCUT2D eigenvalue weighted by molar-refractivity contribution is 6.22. The van der Waals surface area contributed by atoms with Gasteiger partial charge in [0.05, 0.1) is 5.56 Å². The number of hydrogen-bond donors (Lipinski definition) is 1. The van der Waals surface area contributed by atoms with Crippen molar-refractivity contribution < 1.29 is 29.0 Å². The number of benzene rings is 1. The Morgan fingerprint density at radius 3 is 1.91 bits per heavy atom. The molecule has 0 fully saturated rings. The molecular weight excluding hydrogens is 420 g/mol. The smallest absolute Gasteiger partial charge is 0.345 e. The standard InChI is InChI=1S/C27H38O6/c1-17(2)12-14-21(16-22(28)15-13-18(3)4)25(30)23(24(29)19(5)6)27(32)33-26(31)20-10-8-7-9-11-20/h7-11,17-19,21,32H,12-16H2,1-6H3/b27-23-/t21-/m1/s1. The van der Waals surface area contributed by atoms with Crippen LogP contribution in [0.3, 0.4) is 0 Å². The van der Waals surface area contributed by atoms with Gasteiger partial charge in [0.15, 0.2) is 11.6 Å². The summed E-state index contributed by atoms with van der Waals surface area (Å²) in [5, 5.41) is 10.6. The van der Waals surface area contributed by atoms with Gasteiger partial charge in [-0.1, -0.05) is 66.2 Å². The molecule has 0 aliphatic heterocycles.